The average Bonchev–Trinajstić information content (AvgIpc) is 2.68. The topological polar surface area (TPSA) is 95.5 Å². The SMILES string of the molecule is CCOC(=O)c1c(C)nc(OS(=O)(=O)c2ccc(C)cc2)nc1-c1ccc(Br)cc1. The summed E-state index contributed by atoms with van der Waals surface area (Å²) < 4.78 is 36.4. The predicted molar refractivity (Wildman–Crippen MR) is 115 cm³/mol. The van der Waals surface area contributed by atoms with E-state index in [9.17, 15) is 13.2 Å². The lowest BCUT2D eigenvalue weighted by atomic mass is 10.0. The summed E-state index contributed by atoms with van der Waals surface area (Å²) in [7, 11) is -4.14. The molecule has 0 saturated heterocycles. The zero-order valence-corrected chi connectivity index (χ0v) is 19.0. The molecule has 7 nitrogen and oxygen atoms in total. The van der Waals surface area contributed by atoms with Crippen molar-refractivity contribution in [3.05, 3.63) is 69.8 Å². The predicted octanol–water partition coefficient (Wildman–Crippen LogP) is 4.47. The summed E-state index contributed by atoms with van der Waals surface area (Å²) in [6.45, 7) is 5.29. The number of rotatable bonds is 6. The molecule has 0 bridgehead atoms. The molecule has 30 heavy (non-hydrogen) atoms. The highest BCUT2D eigenvalue weighted by atomic mass is 79.9. The van der Waals surface area contributed by atoms with Crippen molar-refractivity contribution in [2.75, 3.05) is 6.61 Å². The van der Waals surface area contributed by atoms with Crippen molar-refractivity contribution in [3.63, 3.8) is 0 Å². The number of carbonyl (C=O) groups is 1. The molecule has 3 rings (SSSR count). The minimum Gasteiger partial charge on any atom is -0.462 e. The van der Waals surface area contributed by atoms with Crippen LogP contribution in [0.15, 0.2) is 57.9 Å². The quantitative estimate of drug-likeness (QED) is 0.371. The molecule has 1 heterocycles. The van der Waals surface area contributed by atoms with Crippen molar-refractivity contribution in [3.8, 4) is 17.3 Å². The van der Waals surface area contributed by atoms with Gasteiger partial charge in [-0.2, -0.15) is 18.4 Å². The van der Waals surface area contributed by atoms with E-state index in [-0.39, 0.29) is 34.5 Å². The number of carbonyl (C=O) groups excluding carboxylic acids is 1. The Morgan fingerprint density at radius 1 is 1.00 bits per heavy atom. The molecule has 0 saturated carbocycles. The minimum absolute atomic E-state index is 0.0194. The molecule has 0 radical (unpaired) electrons. The van der Waals surface area contributed by atoms with Crippen LogP contribution < -0.4 is 4.18 Å². The summed E-state index contributed by atoms with van der Waals surface area (Å²) in [4.78, 5) is 20.8. The maximum absolute atomic E-state index is 12.6. The number of ether oxygens (including phenoxy) is 1. The van der Waals surface area contributed by atoms with Crippen LogP contribution in [0.1, 0.15) is 28.5 Å². The Bertz CT molecular complexity index is 1180. The second-order valence-electron chi connectivity index (χ2n) is 6.39. The van der Waals surface area contributed by atoms with Gasteiger partial charge in [-0.15, -0.1) is 0 Å². The summed E-state index contributed by atoms with van der Waals surface area (Å²) in [6, 6.07) is 12.9. The molecule has 0 fully saturated rings. The van der Waals surface area contributed by atoms with E-state index >= 15 is 0 Å². The summed E-state index contributed by atoms with van der Waals surface area (Å²) in [5, 5.41) is 0. The summed E-state index contributed by atoms with van der Waals surface area (Å²) in [5.74, 6) is -0.596. The van der Waals surface area contributed by atoms with Crippen LogP contribution in [-0.2, 0) is 14.9 Å². The van der Waals surface area contributed by atoms with Gasteiger partial charge in [0.05, 0.1) is 18.0 Å². The van der Waals surface area contributed by atoms with Crippen molar-refractivity contribution in [2.24, 2.45) is 0 Å². The number of esters is 1. The van der Waals surface area contributed by atoms with Crippen LogP contribution in [-0.4, -0.2) is 31.0 Å². The number of hydrogen-bond donors (Lipinski definition) is 0. The van der Waals surface area contributed by atoms with Crippen LogP contribution in [0.5, 0.6) is 6.01 Å². The Balaban J connectivity index is 2.09. The molecule has 0 atom stereocenters. The molecule has 1 aromatic heterocycles. The lowest BCUT2D eigenvalue weighted by molar-refractivity contribution is 0.0525. The molecule has 0 aliphatic carbocycles. The van der Waals surface area contributed by atoms with Crippen LogP contribution in [0.25, 0.3) is 11.3 Å². The van der Waals surface area contributed by atoms with E-state index in [0.29, 0.717) is 5.56 Å². The van der Waals surface area contributed by atoms with E-state index in [1.54, 1.807) is 50.2 Å². The van der Waals surface area contributed by atoms with E-state index in [4.69, 9.17) is 8.92 Å². The number of halogens is 1. The van der Waals surface area contributed by atoms with Gasteiger partial charge in [-0.1, -0.05) is 45.8 Å². The molecule has 0 aliphatic heterocycles. The number of hydrogen-bond acceptors (Lipinski definition) is 7. The zero-order chi connectivity index (χ0) is 21.9. The van der Waals surface area contributed by atoms with Gasteiger partial charge < -0.3 is 8.92 Å². The van der Waals surface area contributed by atoms with Gasteiger partial charge in [0.15, 0.2) is 0 Å². The minimum atomic E-state index is -4.14. The lowest BCUT2D eigenvalue weighted by Crippen LogP contribution is -2.16. The molecule has 3 aromatic rings. The molecule has 0 spiro atoms. The molecule has 2 aromatic carbocycles. The average molecular weight is 491 g/mol. The fourth-order valence-corrected chi connectivity index (χ4v) is 3.80. The Kier molecular flexibility index (Phi) is 6.52. The zero-order valence-electron chi connectivity index (χ0n) is 16.5. The Labute approximate surface area is 183 Å². The second-order valence-corrected chi connectivity index (χ2v) is 8.86. The number of aryl methyl sites for hydroxylation is 2. The van der Waals surface area contributed by atoms with Gasteiger partial charge in [-0.05, 0) is 45.0 Å². The summed E-state index contributed by atoms with van der Waals surface area (Å²) >= 11 is 3.36. The van der Waals surface area contributed by atoms with E-state index in [0.717, 1.165) is 10.0 Å². The third-order valence-electron chi connectivity index (χ3n) is 4.16. The molecule has 9 heteroatoms. The highest BCUT2D eigenvalue weighted by molar-refractivity contribution is 9.10. The van der Waals surface area contributed by atoms with Gasteiger partial charge in [0, 0.05) is 10.0 Å². The molecule has 0 aliphatic rings. The van der Waals surface area contributed by atoms with Crippen LogP contribution in [0.3, 0.4) is 0 Å². The maximum atomic E-state index is 12.6. The van der Waals surface area contributed by atoms with E-state index < -0.39 is 16.1 Å². The fourth-order valence-electron chi connectivity index (χ4n) is 2.70. The molecule has 156 valence electrons. The van der Waals surface area contributed by atoms with Crippen molar-refractivity contribution >= 4 is 32.0 Å². The molecule has 0 unspecified atom stereocenters. The summed E-state index contributed by atoms with van der Waals surface area (Å²) in [6.07, 6.45) is 0. The number of benzene rings is 2. The van der Waals surface area contributed by atoms with E-state index in [1.165, 1.54) is 12.1 Å². The van der Waals surface area contributed by atoms with Gasteiger partial charge in [0.1, 0.15) is 10.5 Å². The highest BCUT2D eigenvalue weighted by Crippen LogP contribution is 2.28. The smallest absolute Gasteiger partial charge is 0.342 e. The fraction of sp³-hybridized carbons (Fsp3) is 0.190. The third-order valence-corrected chi connectivity index (χ3v) is 5.91. The van der Waals surface area contributed by atoms with Gasteiger partial charge in [-0.3, -0.25) is 0 Å². The van der Waals surface area contributed by atoms with Gasteiger partial charge in [0.2, 0.25) is 0 Å². The van der Waals surface area contributed by atoms with Crippen LogP contribution in [0.4, 0.5) is 0 Å². The molecule has 0 amide bonds. The van der Waals surface area contributed by atoms with Gasteiger partial charge >= 0.3 is 22.1 Å². The Morgan fingerprint density at radius 2 is 1.63 bits per heavy atom. The van der Waals surface area contributed by atoms with E-state index in [1.807, 2.05) is 6.92 Å². The van der Waals surface area contributed by atoms with Crippen LogP contribution in [0, 0.1) is 13.8 Å². The summed E-state index contributed by atoms with van der Waals surface area (Å²) in [5.41, 5.74) is 2.12. The molecule has 0 N–H and O–H groups in total. The van der Waals surface area contributed by atoms with E-state index in [2.05, 4.69) is 25.9 Å². The van der Waals surface area contributed by atoms with Crippen molar-refractivity contribution in [2.45, 2.75) is 25.7 Å². The number of nitrogens with zero attached hydrogens (tertiary/aromatic N) is 2. The van der Waals surface area contributed by atoms with Crippen LogP contribution >= 0.6 is 15.9 Å². The second kappa shape index (κ2) is 8.93. The first-order valence-corrected chi connectivity index (χ1v) is 11.2. The first-order valence-electron chi connectivity index (χ1n) is 9.04. The van der Waals surface area contributed by atoms with Crippen molar-refractivity contribution in [1.29, 1.82) is 0 Å². The Hall–Kier alpha value is -2.78. The van der Waals surface area contributed by atoms with Crippen LogP contribution in [0.2, 0.25) is 0 Å². The normalized spacial score (nSPS) is 11.2. The van der Waals surface area contributed by atoms with Crippen molar-refractivity contribution in [1.82, 2.24) is 9.97 Å². The van der Waals surface area contributed by atoms with Crippen molar-refractivity contribution < 1.29 is 22.1 Å². The third kappa shape index (κ3) is 4.85. The van der Waals surface area contributed by atoms with Gasteiger partial charge in [0.25, 0.3) is 0 Å². The molecular formula is C21H19BrN2O5S. The Morgan fingerprint density at radius 3 is 2.23 bits per heavy atom. The first-order chi connectivity index (χ1) is 14.2. The first kappa shape index (κ1) is 21.9. The standard InChI is InChI=1S/C21H19BrN2O5S/c1-4-28-20(25)18-14(3)23-21(24-19(18)15-7-9-16(22)10-8-15)29-30(26,27)17-11-5-13(2)6-12-17/h5-12H,4H2,1-3H3. The molecular weight excluding hydrogens is 472 g/mol. The number of aromatic nitrogens is 2. The highest BCUT2D eigenvalue weighted by Gasteiger charge is 2.24. The monoisotopic (exact) mass is 490 g/mol. The van der Waals surface area contributed by atoms with Gasteiger partial charge in [-0.25, -0.2) is 4.79 Å². The lowest BCUT2D eigenvalue weighted by Gasteiger charge is -2.13. The maximum Gasteiger partial charge on any atom is 0.342 e. The largest absolute Gasteiger partial charge is 0.462 e.